The number of ketones is 3. The number of ether oxygens (including phenoxy) is 1. The van der Waals surface area contributed by atoms with Crippen LogP contribution in [0.25, 0.3) is 0 Å². The number of Topliss-reactive ketones (excluding diaryl/α,β-unsaturated/α-hetero) is 3. The van der Waals surface area contributed by atoms with Crippen molar-refractivity contribution in [1.82, 2.24) is 0 Å². The van der Waals surface area contributed by atoms with Gasteiger partial charge in [-0.25, -0.2) is 0 Å². The van der Waals surface area contributed by atoms with Crippen LogP contribution in [0.4, 0.5) is 0 Å². The Labute approximate surface area is 216 Å². The fourth-order valence-electron chi connectivity index (χ4n) is 6.03. The molecule has 1 saturated heterocycles. The molecular formula is C28H36O9. The molecule has 0 spiro atoms. The van der Waals surface area contributed by atoms with Gasteiger partial charge >= 0.3 is 0 Å². The summed E-state index contributed by atoms with van der Waals surface area (Å²) in [6.07, 6.45) is 7.31. The zero-order chi connectivity index (χ0) is 28.1. The maximum Gasteiger partial charge on any atom is 0.216 e. The first-order valence-electron chi connectivity index (χ1n) is 12.3. The molecule has 0 aromatic rings. The Morgan fingerprint density at radius 1 is 0.919 bits per heavy atom. The zero-order valence-corrected chi connectivity index (χ0v) is 22.1. The number of aliphatic hydroxyl groups is 5. The van der Waals surface area contributed by atoms with Crippen molar-refractivity contribution in [3.8, 4) is 0 Å². The number of rotatable bonds is 8. The van der Waals surface area contributed by atoms with Crippen LogP contribution < -0.4 is 0 Å². The Bertz CT molecular complexity index is 1200. The van der Waals surface area contributed by atoms with E-state index in [1.165, 1.54) is 20.8 Å². The van der Waals surface area contributed by atoms with Gasteiger partial charge < -0.3 is 30.3 Å². The second-order valence-corrected chi connectivity index (χ2v) is 10.4. The monoisotopic (exact) mass is 516 g/mol. The molecule has 1 fully saturated rings. The third-order valence-corrected chi connectivity index (χ3v) is 8.10. The highest BCUT2D eigenvalue weighted by Gasteiger charge is 2.81. The van der Waals surface area contributed by atoms with Crippen LogP contribution in [0.2, 0.25) is 0 Å². The highest BCUT2D eigenvalue weighted by molar-refractivity contribution is 6.24. The smallest absolute Gasteiger partial charge is 0.216 e. The fraction of sp³-hybridized carbons (Fsp3) is 0.536. The molecule has 3 aliphatic rings. The molecule has 202 valence electrons. The number of allylic oxidation sites excluding steroid dienone is 5. The third-order valence-electron chi connectivity index (χ3n) is 8.10. The van der Waals surface area contributed by atoms with E-state index in [0.29, 0.717) is 6.42 Å². The Morgan fingerprint density at radius 3 is 1.95 bits per heavy atom. The average molecular weight is 517 g/mol. The van der Waals surface area contributed by atoms with Crippen molar-refractivity contribution >= 4 is 17.3 Å². The van der Waals surface area contributed by atoms with E-state index in [9.17, 15) is 39.9 Å². The normalized spacial score (nSPS) is 36.1. The van der Waals surface area contributed by atoms with Gasteiger partial charge in [0.15, 0.2) is 17.2 Å². The minimum absolute atomic E-state index is 0.0478. The molecular weight excluding hydrogens is 480 g/mol. The summed E-state index contributed by atoms with van der Waals surface area (Å²) in [5, 5.41) is 57.0. The predicted molar refractivity (Wildman–Crippen MR) is 134 cm³/mol. The van der Waals surface area contributed by atoms with Crippen LogP contribution in [0, 0.1) is 11.3 Å². The lowest BCUT2D eigenvalue weighted by Gasteiger charge is -2.50. The quantitative estimate of drug-likeness (QED) is 0.239. The number of aliphatic hydroxyl groups excluding tert-OH is 3. The first-order chi connectivity index (χ1) is 17.1. The summed E-state index contributed by atoms with van der Waals surface area (Å²) in [7, 11) is 0. The van der Waals surface area contributed by atoms with Crippen LogP contribution in [0.3, 0.4) is 0 Å². The molecule has 1 heterocycles. The second-order valence-electron chi connectivity index (χ2n) is 10.4. The molecule has 0 aromatic heterocycles. The number of fused-ring (bicyclic) bond motifs is 3. The minimum Gasteiger partial charge on any atom is -0.511 e. The number of carbonyl (C=O) groups is 3. The van der Waals surface area contributed by atoms with Gasteiger partial charge in [-0.2, -0.15) is 0 Å². The molecule has 9 heteroatoms. The minimum atomic E-state index is -2.89. The van der Waals surface area contributed by atoms with Crippen molar-refractivity contribution in [2.75, 3.05) is 0 Å². The Balaban J connectivity index is 2.35. The molecule has 5 N–H and O–H groups in total. The van der Waals surface area contributed by atoms with Crippen molar-refractivity contribution in [3.05, 3.63) is 58.3 Å². The summed E-state index contributed by atoms with van der Waals surface area (Å²) in [6, 6.07) is 0. The van der Waals surface area contributed by atoms with Crippen LogP contribution >= 0.6 is 0 Å². The van der Waals surface area contributed by atoms with Gasteiger partial charge in [-0.05, 0) is 54.4 Å². The van der Waals surface area contributed by atoms with Crippen molar-refractivity contribution in [2.45, 2.75) is 84.2 Å². The van der Waals surface area contributed by atoms with Crippen molar-refractivity contribution in [1.29, 1.82) is 0 Å². The molecule has 5 atom stereocenters. The molecule has 9 nitrogen and oxygen atoms in total. The summed E-state index contributed by atoms with van der Waals surface area (Å²) in [5.41, 5.74) is -7.94. The predicted octanol–water partition coefficient (Wildman–Crippen LogP) is 3.74. The summed E-state index contributed by atoms with van der Waals surface area (Å²) < 4.78 is 5.92. The second kappa shape index (κ2) is 9.38. The number of hydrogen-bond donors (Lipinski definition) is 5. The van der Waals surface area contributed by atoms with Crippen molar-refractivity contribution < 1.29 is 44.7 Å². The van der Waals surface area contributed by atoms with Crippen LogP contribution in [0.5, 0.6) is 0 Å². The van der Waals surface area contributed by atoms with E-state index in [4.69, 9.17) is 4.74 Å². The summed E-state index contributed by atoms with van der Waals surface area (Å²) in [6.45, 7) is 8.45. The van der Waals surface area contributed by atoms with E-state index >= 15 is 0 Å². The molecule has 37 heavy (non-hydrogen) atoms. The van der Waals surface area contributed by atoms with Crippen LogP contribution in [-0.2, 0) is 19.1 Å². The molecule has 1 aliphatic heterocycles. The van der Waals surface area contributed by atoms with Gasteiger partial charge in [0.05, 0.1) is 5.41 Å². The molecule has 0 amide bonds. The van der Waals surface area contributed by atoms with Crippen LogP contribution in [0.15, 0.2) is 58.3 Å². The Hall–Kier alpha value is -3.01. The average Bonchev–Trinajstić information content (AvgIpc) is 3.03. The van der Waals surface area contributed by atoms with Crippen LogP contribution in [0.1, 0.15) is 67.2 Å². The molecule has 3 rings (SSSR count). The molecule has 0 saturated carbocycles. The van der Waals surface area contributed by atoms with Gasteiger partial charge in [0, 0.05) is 29.9 Å². The lowest BCUT2D eigenvalue weighted by molar-refractivity contribution is -0.319. The molecule has 5 unspecified atom stereocenters. The Kier molecular flexibility index (Phi) is 7.24. The molecule has 0 aromatic carbocycles. The van der Waals surface area contributed by atoms with E-state index in [-0.39, 0.29) is 30.4 Å². The Morgan fingerprint density at radius 2 is 1.43 bits per heavy atom. The van der Waals surface area contributed by atoms with Gasteiger partial charge in [-0.1, -0.05) is 24.3 Å². The van der Waals surface area contributed by atoms with Gasteiger partial charge in [-0.3, -0.25) is 14.4 Å². The highest BCUT2D eigenvalue weighted by Crippen LogP contribution is 2.68. The van der Waals surface area contributed by atoms with E-state index < -0.39 is 68.5 Å². The van der Waals surface area contributed by atoms with Crippen molar-refractivity contribution in [3.63, 3.8) is 0 Å². The maximum atomic E-state index is 13.5. The summed E-state index contributed by atoms with van der Waals surface area (Å²) in [5.74, 6) is -8.87. The molecule has 2 aliphatic carbocycles. The summed E-state index contributed by atoms with van der Waals surface area (Å²) in [4.78, 5) is 40.0. The molecule has 0 radical (unpaired) electrons. The number of carbonyl (C=O) groups excluding carboxylic acids is 3. The topological polar surface area (TPSA) is 162 Å². The summed E-state index contributed by atoms with van der Waals surface area (Å²) >= 11 is 0. The number of hydrogen-bond acceptors (Lipinski definition) is 9. The van der Waals surface area contributed by atoms with Gasteiger partial charge in [-0.15, -0.1) is 0 Å². The van der Waals surface area contributed by atoms with E-state index in [1.54, 1.807) is 38.2 Å². The molecule has 0 bridgehead atoms. The standard InChI is InChI=1S/C28H36O9/c1-7-9-11-13-16(29)18-20(31)15(3)22(32)26(5)21(18)25(4)23(33)19(17(30)14-12-10-8-2)24(34)27(6,35)28(25,36)37-26/h7-10,21,31-33,35-36H,11-14H2,1-6H3. The van der Waals surface area contributed by atoms with E-state index in [2.05, 4.69) is 0 Å². The first-order valence-corrected chi connectivity index (χ1v) is 12.3. The SMILES string of the molecule is CC=CCCC(=O)C1=C(O)C2(C)C3C(C(=O)CCC=CC)=C(O)C(C)=C(O)C3(C)OC2(O)C(C)(O)C1=O. The first kappa shape index (κ1) is 28.6. The zero-order valence-electron chi connectivity index (χ0n) is 22.1. The third kappa shape index (κ3) is 3.66. The van der Waals surface area contributed by atoms with Crippen LogP contribution in [-0.4, -0.2) is 59.9 Å². The maximum absolute atomic E-state index is 13.5. The lowest BCUT2D eigenvalue weighted by Crippen LogP contribution is -2.69. The van der Waals surface area contributed by atoms with Gasteiger partial charge in [0.2, 0.25) is 11.6 Å². The lowest BCUT2D eigenvalue weighted by atomic mass is 9.54. The van der Waals surface area contributed by atoms with Gasteiger partial charge in [0.1, 0.15) is 28.5 Å². The van der Waals surface area contributed by atoms with E-state index in [0.717, 1.165) is 6.92 Å². The van der Waals surface area contributed by atoms with Gasteiger partial charge in [0.25, 0.3) is 0 Å². The van der Waals surface area contributed by atoms with Crippen molar-refractivity contribution in [2.24, 2.45) is 11.3 Å². The largest absolute Gasteiger partial charge is 0.511 e. The van der Waals surface area contributed by atoms with E-state index in [1.807, 2.05) is 0 Å². The fourth-order valence-corrected chi connectivity index (χ4v) is 6.03. The highest BCUT2D eigenvalue weighted by atomic mass is 16.7.